The van der Waals surface area contributed by atoms with Crippen LogP contribution in [0.3, 0.4) is 0 Å². The van der Waals surface area contributed by atoms with Gasteiger partial charge < -0.3 is 20.2 Å². The van der Waals surface area contributed by atoms with Gasteiger partial charge in [0, 0.05) is 11.4 Å². The molecule has 3 N–H and O–H groups in total. The van der Waals surface area contributed by atoms with Crippen LogP contribution in [0, 0.1) is 20.8 Å². The molecule has 0 fully saturated rings. The van der Waals surface area contributed by atoms with Crippen LogP contribution in [0.25, 0.3) is 0 Å². The Morgan fingerprint density at radius 3 is 2.38 bits per heavy atom. The van der Waals surface area contributed by atoms with E-state index in [2.05, 4.69) is 4.98 Å². The maximum Gasteiger partial charge on any atom is 0.340 e. The first-order chi connectivity index (χ1) is 12.2. The lowest BCUT2D eigenvalue weighted by Gasteiger charge is -2.14. The van der Waals surface area contributed by atoms with Crippen LogP contribution < -0.4 is 5.73 Å². The molecular weight excluding hydrogens is 336 g/mol. The highest BCUT2D eigenvalue weighted by Gasteiger charge is 2.28. The molecule has 0 saturated carbocycles. The molecule has 138 valence electrons. The fraction of sp³-hybridized carbons (Fsp3) is 0.316. The van der Waals surface area contributed by atoms with Crippen molar-refractivity contribution in [3.8, 4) is 0 Å². The summed E-state index contributed by atoms with van der Waals surface area (Å²) in [7, 11) is 1.27. The molecule has 0 radical (unpaired) electrons. The second kappa shape index (κ2) is 7.43. The first-order valence-corrected chi connectivity index (χ1v) is 8.06. The van der Waals surface area contributed by atoms with Gasteiger partial charge >= 0.3 is 11.9 Å². The number of aromatic nitrogens is 1. The topological polar surface area (TPSA) is 111 Å². The second-order valence-corrected chi connectivity index (χ2v) is 6.06. The summed E-state index contributed by atoms with van der Waals surface area (Å²) in [6.07, 6.45) is -1.05. The number of hydrogen-bond donors (Lipinski definition) is 2. The van der Waals surface area contributed by atoms with Gasteiger partial charge in [-0.3, -0.25) is 4.79 Å². The summed E-state index contributed by atoms with van der Waals surface area (Å²) in [5, 5.41) is 0. The van der Waals surface area contributed by atoms with Crippen molar-refractivity contribution in [2.45, 2.75) is 33.8 Å². The molecule has 7 heteroatoms. The Labute approximate surface area is 151 Å². The molecular formula is C19H22N2O5. The van der Waals surface area contributed by atoms with Gasteiger partial charge in [0.2, 0.25) is 5.78 Å². The van der Waals surface area contributed by atoms with Gasteiger partial charge in [-0.25, -0.2) is 9.59 Å². The maximum absolute atomic E-state index is 12.7. The number of aryl methyl sites for hydroxylation is 2. The molecule has 26 heavy (non-hydrogen) atoms. The van der Waals surface area contributed by atoms with Gasteiger partial charge in [-0.05, 0) is 44.9 Å². The SMILES string of the molecule is COC(=O)c1c(C)[nH]c(C(=O)[C@H](C)OC(=O)c2cccc(C)c2N)c1C. The highest BCUT2D eigenvalue weighted by atomic mass is 16.5. The third-order valence-electron chi connectivity index (χ3n) is 4.27. The number of anilines is 1. The number of ketones is 1. The Morgan fingerprint density at radius 2 is 1.77 bits per heavy atom. The molecule has 2 rings (SSSR count). The zero-order chi connectivity index (χ0) is 19.6. The van der Waals surface area contributed by atoms with Crippen LogP contribution in [-0.4, -0.2) is 35.9 Å². The maximum atomic E-state index is 12.7. The van der Waals surface area contributed by atoms with Gasteiger partial charge in [0.05, 0.1) is 23.9 Å². The molecule has 0 saturated heterocycles. The molecule has 0 bridgehead atoms. The largest absolute Gasteiger partial charge is 0.465 e. The van der Waals surface area contributed by atoms with Gasteiger partial charge in [-0.2, -0.15) is 0 Å². The summed E-state index contributed by atoms with van der Waals surface area (Å²) in [6.45, 7) is 6.55. The Bertz CT molecular complexity index is 882. The minimum Gasteiger partial charge on any atom is -0.465 e. The van der Waals surface area contributed by atoms with E-state index in [9.17, 15) is 14.4 Å². The quantitative estimate of drug-likeness (QED) is 0.483. The molecule has 1 aromatic carbocycles. The van der Waals surface area contributed by atoms with E-state index in [1.165, 1.54) is 14.0 Å². The number of methoxy groups -OCH3 is 1. The van der Waals surface area contributed by atoms with Crippen LogP contribution >= 0.6 is 0 Å². The molecule has 0 aliphatic carbocycles. The molecule has 0 aliphatic rings. The number of H-pyrrole nitrogens is 1. The normalized spacial score (nSPS) is 11.7. The molecule has 7 nitrogen and oxygen atoms in total. The van der Waals surface area contributed by atoms with Crippen LogP contribution in [0.15, 0.2) is 18.2 Å². The third kappa shape index (κ3) is 3.46. The molecule has 0 amide bonds. The van der Waals surface area contributed by atoms with E-state index in [-0.39, 0.29) is 11.3 Å². The molecule has 0 aliphatic heterocycles. The van der Waals surface area contributed by atoms with Crippen LogP contribution in [-0.2, 0) is 9.47 Å². The number of aromatic amines is 1. The highest BCUT2D eigenvalue weighted by molar-refractivity contribution is 6.05. The summed E-state index contributed by atoms with van der Waals surface area (Å²) in [5.41, 5.74) is 8.65. The number of nitrogens with one attached hydrogen (secondary N) is 1. The predicted molar refractivity (Wildman–Crippen MR) is 96.4 cm³/mol. The van der Waals surface area contributed by atoms with E-state index >= 15 is 0 Å². The van der Waals surface area contributed by atoms with Gasteiger partial charge in [-0.1, -0.05) is 12.1 Å². The number of nitrogen functional groups attached to an aromatic ring is 1. The minimum atomic E-state index is -1.05. The zero-order valence-electron chi connectivity index (χ0n) is 15.4. The van der Waals surface area contributed by atoms with E-state index in [0.717, 1.165) is 5.56 Å². The first-order valence-electron chi connectivity index (χ1n) is 8.06. The van der Waals surface area contributed by atoms with Crippen molar-refractivity contribution in [2.75, 3.05) is 12.8 Å². The number of esters is 2. The fourth-order valence-electron chi connectivity index (χ4n) is 2.74. The molecule has 0 unspecified atom stereocenters. The van der Waals surface area contributed by atoms with E-state index in [1.54, 1.807) is 39.0 Å². The van der Waals surface area contributed by atoms with E-state index in [4.69, 9.17) is 15.2 Å². The molecule has 1 atom stereocenters. The van der Waals surface area contributed by atoms with Gasteiger partial charge in [0.25, 0.3) is 0 Å². The zero-order valence-corrected chi connectivity index (χ0v) is 15.4. The average molecular weight is 358 g/mol. The monoisotopic (exact) mass is 358 g/mol. The lowest BCUT2D eigenvalue weighted by atomic mass is 10.1. The molecule has 1 heterocycles. The third-order valence-corrected chi connectivity index (χ3v) is 4.27. The van der Waals surface area contributed by atoms with Crippen molar-refractivity contribution in [1.29, 1.82) is 0 Å². The number of carbonyl (C=O) groups is 3. The predicted octanol–water partition coefficient (Wildman–Crippen LogP) is 2.74. The number of rotatable bonds is 5. The van der Waals surface area contributed by atoms with E-state index in [1.807, 2.05) is 0 Å². The minimum absolute atomic E-state index is 0.208. The number of nitrogens with two attached hydrogens (primary N) is 1. The van der Waals surface area contributed by atoms with Crippen molar-refractivity contribution in [3.05, 3.63) is 51.8 Å². The Hall–Kier alpha value is -3.09. The van der Waals surface area contributed by atoms with Crippen LogP contribution in [0.5, 0.6) is 0 Å². The summed E-state index contributed by atoms with van der Waals surface area (Å²) >= 11 is 0. The number of benzene rings is 1. The fourth-order valence-corrected chi connectivity index (χ4v) is 2.74. The first kappa shape index (κ1) is 19.2. The summed E-state index contributed by atoms with van der Waals surface area (Å²) < 4.78 is 10.0. The van der Waals surface area contributed by atoms with Crippen LogP contribution in [0.2, 0.25) is 0 Å². The second-order valence-electron chi connectivity index (χ2n) is 6.06. The van der Waals surface area contributed by atoms with E-state index in [0.29, 0.717) is 22.5 Å². The standard InChI is InChI=1S/C19H22N2O5/c1-9-7-6-8-13(15(9)20)18(23)26-12(4)17(22)16-10(2)14(11(3)21-16)19(24)25-5/h6-8,12,21H,20H2,1-5H3/t12-/m0/s1. The number of carbonyl (C=O) groups excluding carboxylic acids is 3. The van der Waals surface area contributed by atoms with Gasteiger partial charge in [0.1, 0.15) is 0 Å². The average Bonchev–Trinajstić information content (AvgIpc) is 2.90. The van der Waals surface area contributed by atoms with Crippen LogP contribution in [0.1, 0.15) is 54.9 Å². The number of para-hydroxylation sites is 1. The summed E-state index contributed by atoms with van der Waals surface area (Å²) in [4.78, 5) is 39.7. The Kier molecular flexibility index (Phi) is 5.50. The Morgan fingerprint density at radius 1 is 1.12 bits per heavy atom. The molecule has 0 spiro atoms. The molecule has 1 aromatic heterocycles. The number of hydrogen-bond acceptors (Lipinski definition) is 6. The highest BCUT2D eigenvalue weighted by Crippen LogP contribution is 2.22. The Balaban J connectivity index is 2.24. The van der Waals surface area contributed by atoms with Crippen molar-refractivity contribution < 1.29 is 23.9 Å². The van der Waals surface area contributed by atoms with Crippen molar-refractivity contribution >= 4 is 23.4 Å². The van der Waals surface area contributed by atoms with Crippen molar-refractivity contribution in [1.82, 2.24) is 4.98 Å². The number of ether oxygens (including phenoxy) is 2. The molecule has 2 aromatic rings. The lowest BCUT2D eigenvalue weighted by Crippen LogP contribution is -2.26. The summed E-state index contributed by atoms with van der Waals surface area (Å²) in [5.74, 6) is -1.66. The van der Waals surface area contributed by atoms with E-state index < -0.39 is 23.8 Å². The van der Waals surface area contributed by atoms with Crippen LogP contribution in [0.4, 0.5) is 5.69 Å². The van der Waals surface area contributed by atoms with Gasteiger partial charge in [-0.15, -0.1) is 0 Å². The van der Waals surface area contributed by atoms with Crippen molar-refractivity contribution in [2.24, 2.45) is 0 Å². The van der Waals surface area contributed by atoms with Crippen molar-refractivity contribution in [3.63, 3.8) is 0 Å². The number of Topliss-reactive ketones (excluding diaryl/α,β-unsaturated/α-hetero) is 1. The summed E-state index contributed by atoms with van der Waals surface area (Å²) in [6, 6.07) is 5.01. The smallest absolute Gasteiger partial charge is 0.340 e. The lowest BCUT2D eigenvalue weighted by molar-refractivity contribution is 0.0317. The van der Waals surface area contributed by atoms with Gasteiger partial charge in [0.15, 0.2) is 6.10 Å².